The summed E-state index contributed by atoms with van der Waals surface area (Å²) in [6.07, 6.45) is 8.16. The topological polar surface area (TPSA) is 58.6 Å². The molecule has 1 fully saturated rings. The van der Waals surface area contributed by atoms with E-state index in [-0.39, 0.29) is 11.8 Å². The number of nitrogens with zero attached hydrogens (tertiary/aromatic N) is 1. The molecule has 1 saturated heterocycles. The molecule has 2 aromatic carbocycles. The van der Waals surface area contributed by atoms with E-state index in [4.69, 9.17) is 4.74 Å². The lowest BCUT2D eigenvalue weighted by Gasteiger charge is -2.23. The van der Waals surface area contributed by atoms with Crippen molar-refractivity contribution in [1.29, 1.82) is 0 Å². The quantitative estimate of drug-likeness (QED) is 0.742. The average Bonchev–Trinajstić information content (AvgIpc) is 3.09. The lowest BCUT2D eigenvalue weighted by atomic mass is 9.91. The summed E-state index contributed by atoms with van der Waals surface area (Å²) in [5, 5.41) is 2.93. The van der Waals surface area contributed by atoms with Crippen molar-refractivity contribution in [1.82, 2.24) is 4.90 Å². The molecule has 31 heavy (non-hydrogen) atoms. The molecule has 1 heterocycles. The van der Waals surface area contributed by atoms with Gasteiger partial charge in [0.05, 0.1) is 11.3 Å². The van der Waals surface area contributed by atoms with E-state index >= 15 is 0 Å². The van der Waals surface area contributed by atoms with Crippen LogP contribution in [0.5, 0.6) is 5.75 Å². The van der Waals surface area contributed by atoms with E-state index in [0.717, 1.165) is 50.9 Å². The zero-order chi connectivity index (χ0) is 21.6. The summed E-state index contributed by atoms with van der Waals surface area (Å²) in [6.45, 7) is 3.32. The molecule has 2 aromatic rings. The van der Waals surface area contributed by atoms with Gasteiger partial charge >= 0.3 is 0 Å². The lowest BCUT2D eigenvalue weighted by molar-refractivity contribution is -0.122. The minimum Gasteiger partial charge on any atom is -0.481 e. The minimum absolute atomic E-state index is 0.0106. The average molecular weight is 421 g/mol. The number of hydrogen-bond acceptors (Lipinski definition) is 3. The first-order chi connectivity index (χ1) is 15.1. The van der Waals surface area contributed by atoms with Crippen molar-refractivity contribution < 1.29 is 14.3 Å². The first kappa shape index (κ1) is 21.4. The summed E-state index contributed by atoms with van der Waals surface area (Å²) in [5.41, 5.74) is 3.64. The van der Waals surface area contributed by atoms with Gasteiger partial charge in [0.2, 0.25) is 0 Å². The molecule has 0 spiro atoms. The third-order valence-electron chi connectivity index (χ3n) is 6.33. The van der Waals surface area contributed by atoms with Crippen molar-refractivity contribution in [3.63, 3.8) is 0 Å². The highest BCUT2D eigenvalue weighted by Gasteiger charge is 2.23. The molecule has 0 saturated carbocycles. The van der Waals surface area contributed by atoms with Crippen LogP contribution in [0.4, 0.5) is 5.69 Å². The van der Waals surface area contributed by atoms with Crippen molar-refractivity contribution in [2.24, 2.45) is 0 Å². The van der Waals surface area contributed by atoms with Gasteiger partial charge in [-0.2, -0.15) is 0 Å². The number of anilines is 1. The normalized spacial score (nSPS) is 17.3. The second-order valence-corrected chi connectivity index (χ2v) is 8.60. The molecule has 0 aromatic heterocycles. The molecule has 1 unspecified atom stereocenters. The Morgan fingerprint density at radius 2 is 1.65 bits per heavy atom. The van der Waals surface area contributed by atoms with Gasteiger partial charge in [0.1, 0.15) is 5.75 Å². The van der Waals surface area contributed by atoms with Gasteiger partial charge in [-0.3, -0.25) is 9.59 Å². The number of benzene rings is 2. The van der Waals surface area contributed by atoms with Crippen LogP contribution in [-0.2, 0) is 17.6 Å². The number of carbonyl (C=O) groups excluding carboxylic acids is 2. The minimum atomic E-state index is -0.658. The van der Waals surface area contributed by atoms with E-state index in [1.165, 1.54) is 30.4 Å². The third kappa shape index (κ3) is 5.09. The molecule has 4 rings (SSSR count). The number of likely N-dealkylation sites (tertiary alicyclic amines) is 1. The maximum absolute atomic E-state index is 13.1. The monoisotopic (exact) mass is 420 g/mol. The summed E-state index contributed by atoms with van der Waals surface area (Å²) < 4.78 is 6.07. The van der Waals surface area contributed by atoms with Crippen molar-refractivity contribution in [2.45, 2.75) is 64.4 Å². The molecule has 164 valence electrons. The van der Waals surface area contributed by atoms with E-state index in [1.54, 1.807) is 19.1 Å². The molecule has 1 aliphatic carbocycles. The predicted octanol–water partition coefficient (Wildman–Crippen LogP) is 4.99. The predicted molar refractivity (Wildman–Crippen MR) is 123 cm³/mol. The van der Waals surface area contributed by atoms with Crippen molar-refractivity contribution >= 4 is 17.5 Å². The van der Waals surface area contributed by atoms with Crippen LogP contribution >= 0.6 is 0 Å². The van der Waals surface area contributed by atoms with Gasteiger partial charge in [0, 0.05) is 13.1 Å². The maximum atomic E-state index is 13.1. The van der Waals surface area contributed by atoms with Crippen molar-refractivity contribution in [3.8, 4) is 5.75 Å². The van der Waals surface area contributed by atoms with Gasteiger partial charge < -0.3 is 15.0 Å². The Balaban J connectivity index is 1.46. The Hall–Kier alpha value is -2.82. The van der Waals surface area contributed by atoms with Crippen LogP contribution in [0.15, 0.2) is 42.5 Å². The van der Waals surface area contributed by atoms with Crippen molar-refractivity contribution in [2.75, 3.05) is 18.4 Å². The molecular weight excluding hydrogens is 388 g/mol. The number of nitrogens with one attached hydrogen (secondary N) is 1. The number of carbonyl (C=O) groups is 2. The molecule has 0 radical (unpaired) electrons. The molecule has 0 bridgehead atoms. The third-order valence-corrected chi connectivity index (χ3v) is 6.33. The summed E-state index contributed by atoms with van der Waals surface area (Å²) in [5.74, 6) is 0.543. The van der Waals surface area contributed by atoms with Gasteiger partial charge in [0.25, 0.3) is 11.8 Å². The Morgan fingerprint density at radius 1 is 0.903 bits per heavy atom. The van der Waals surface area contributed by atoms with Crippen LogP contribution in [0.2, 0.25) is 0 Å². The zero-order valence-corrected chi connectivity index (χ0v) is 18.4. The van der Waals surface area contributed by atoms with Gasteiger partial charge in [-0.1, -0.05) is 37.1 Å². The van der Waals surface area contributed by atoms with E-state index in [2.05, 4.69) is 11.4 Å². The number of hydrogen-bond donors (Lipinski definition) is 1. The number of aryl methyl sites for hydroxylation is 1. The smallest absolute Gasteiger partial charge is 0.265 e. The molecule has 5 heteroatoms. The highest BCUT2D eigenvalue weighted by molar-refractivity contribution is 6.04. The largest absolute Gasteiger partial charge is 0.481 e. The number of rotatable bonds is 5. The maximum Gasteiger partial charge on any atom is 0.265 e. The van der Waals surface area contributed by atoms with Gasteiger partial charge in [-0.15, -0.1) is 0 Å². The van der Waals surface area contributed by atoms with Crippen LogP contribution in [0, 0.1) is 0 Å². The van der Waals surface area contributed by atoms with Crippen LogP contribution in [0.25, 0.3) is 0 Å². The second kappa shape index (κ2) is 9.99. The van der Waals surface area contributed by atoms with E-state index in [0.29, 0.717) is 11.3 Å². The highest BCUT2D eigenvalue weighted by Crippen LogP contribution is 2.30. The fraction of sp³-hybridized carbons (Fsp3) is 0.462. The molecule has 2 aliphatic rings. The molecule has 1 atom stereocenters. The summed E-state index contributed by atoms with van der Waals surface area (Å²) in [7, 11) is 0. The van der Waals surface area contributed by atoms with Crippen LogP contribution in [-0.4, -0.2) is 35.9 Å². The van der Waals surface area contributed by atoms with E-state index in [9.17, 15) is 9.59 Å². The standard InChI is InChI=1S/C26H32N2O3/c1-19(31-24-16-10-12-20-11-4-5-13-21(20)24)25(29)27-23-15-7-6-14-22(23)26(30)28-17-8-2-3-9-18-28/h6-7,10,12,14-16,19H,2-5,8-9,11,13,17-18H2,1H3,(H,27,29). The molecule has 1 N–H and O–H groups in total. The first-order valence-electron chi connectivity index (χ1n) is 11.6. The molecule has 2 amide bonds. The zero-order valence-electron chi connectivity index (χ0n) is 18.4. The molecular formula is C26H32N2O3. The number of ether oxygens (including phenoxy) is 1. The summed E-state index contributed by atoms with van der Waals surface area (Å²) in [4.78, 5) is 28.0. The second-order valence-electron chi connectivity index (χ2n) is 8.60. The Bertz CT molecular complexity index is 932. The van der Waals surface area contributed by atoms with Gasteiger partial charge in [-0.05, 0) is 74.8 Å². The first-order valence-corrected chi connectivity index (χ1v) is 11.6. The Morgan fingerprint density at radius 3 is 2.45 bits per heavy atom. The highest BCUT2D eigenvalue weighted by atomic mass is 16.5. The SMILES string of the molecule is CC(Oc1cccc2c1CCCC2)C(=O)Nc1ccccc1C(=O)N1CCCCCC1. The van der Waals surface area contributed by atoms with E-state index in [1.807, 2.05) is 29.2 Å². The van der Waals surface area contributed by atoms with Gasteiger partial charge in [0.15, 0.2) is 6.10 Å². The fourth-order valence-corrected chi connectivity index (χ4v) is 4.56. The van der Waals surface area contributed by atoms with Crippen LogP contribution in [0.3, 0.4) is 0 Å². The molecule has 5 nitrogen and oxygen atoms in total. The van der Waals surface area contributed by atoms with Crippen molar-refractivity contribution in [3.05, 3.63) is 59.2 Å². The summed E-state index contributed by atoms with van der Waals surface area (Å²) in [6, 6.07) is 13.4. The van der Waals surface area contributed by atoms with Crippen LogP contribution in [0.1, 0.15) is 66.9 Å². The number of fused-ring (bicyclic) bond motifs is 1. The number of amides is 2. The fourth-order valence-electron chi connectivity index (χ4n) is 4.56. The van der Waals surface area contributed by atoms with Crippen LogP contribution < -0.4 is 10.1 Å². The summed E-state index contributed by atoms with van der Waals surface area (Å²) >= 11 is 0. The Kier molecular flexibility index (Phi) is 6.90. The Labute approximate surface area is 184 Å². The number of para-hydroxylation sites is 1. The lowest BCUT2D eigenvalue weighted by Crippen LogP contribution is -2.34. The molecule has 1 aliphatic heterocycles. The van der Waals surface area contributed by atoms with Gasteiger partial charge in [-0.25, -0.2) is 0 Å². The van der Waals surface area contributed by atoms with E-state index < -0.39 is 6.10 Å².